The molecule has 0 saturated heterocycles. The molecule has 2 aromatic rings. The van der Waals surface area contributed by atoms with E-state index in [0.29, 0.717) is 11.3 Å². The van der Waals surface area contributed by atoms with Crippen molar-refractivity contribution in [2.75, 3.05) is 18.6 Å². The van der Waals surface area contributed by atoms with Gasteiger partial charge in [0.2, 0.25) is 5.95 Å². The molecular weight excluding hydrogens is 276 g/mol. The van der Waals surface area contributed by atoms with Crippen molar-refractivity contribution in [2.45, 2.75) is 6.42 Å². The highest BCUT2D eigenvalue weighted by atomic mass is 16.5. The lowest BCUT2D eigenvalue weighted by Crippen LogP contribution is -2.34. The van der Waals surface area contributed by atoms with Gasteiger partial charge in [-0.3, -0.25) is 14.5 Å². The minimum absolute atomic E-state index is 0.00457. The molecule has 0 bridgehead atoms. The number of nitrogens with one attached hydrogen (secondary N) is 1. The van der Waals surface area contributed by atoms with E-state index in [1.807, 2.05) is 0 Å². The first-order valence-corrected chi connectivity index (χ1v) is 6.15. The van der Waals surface area contributed by atoms with E-state index >= 15 is 0 Å². The molecular formula is C13H14N4O4. The number of carboxylic acid groups (broad SMARTS) is 1. The number of aliphatic carboxylic acids is 1. The van der Waals surface area contributed by atoms with Crippen LogP contribution in [0.5, 0.6) is 5.75 Å². The summed E-state index contributed by atoms with van der Waals surface area (Å²) in [6.45, 7) is -0.00457. The van der Waals surface area contributed by atoms with Crippen molar-refractivity contribution in [3.63, 3.8) is 0 Å². The molecule has 0 spiro atoms. The highest BCUT2D eigenvalue weighted by Gasteiger charge is 2.20. The maximum Gasteiger partial charge on any atom is 0.305 e. The number of carbonyl (C=O) groups excluding carboxylic acids is 1. The second-order valence-corrected chi connectivity index (χ2v) is 4.14. The molecule has 1 aromatic heterocycles. The maximum atomic E-state index is 12.5. The van der Waals surface area contributed by atoms with Gasteiger partial charge in [0.15, 0.2) is 0 Å². The topological polar surface area (TPSA) is 108 Å². The second kappa shape index (κ2) is 6.51. The molecule has 0 atom stereocenters. The molecule has 0 aliphatic carbocycles. The van der Waals surface area contributed by atoms with Gasteiger partial charge in [0, 0.05) is 12.1 Å². The van der Waals surface area contributed by atoms with Gasteiger partial charge in [-0.05, 0) is 24.3 Å². The average molecular weight is 290 g/mol. The molecule has 2 rings (SSSR count). The number of ether oxygens (including phenoxy) is 1. The molecule has 21 heavy (non-hydrogen) atoms. The maximum absolute atomic E-state index is 12.5. The highest BCUT2D eigenvalue weighted by Crippen LogP contribution is 2.16. The van der Waals surface area contributed by atoms with Crippen LogP contribution in [0, 0.1) is 0 Å². The summed E-state index contributed by atoms with van der Waals surface area (Å²) in [6.07, 6.45) is 1.06. The number of nitrogens with zero attached hydrogens (tertiary/aromatic N) is 3. The molecule has 2 N–H and O–H groups in total. The van der Waals surface area contributed by atoms with Crippen LogP contribution in [0.15, 0.2) is 30.6 Å². The smallest absolute Gasteiger partial charge is 0.305 e. The van der Waals surface area contributed by atoms with Crippen LogP contribution in [0.25, 0.3) is 0 Å². The Labute approximate surface area is 120 Å². The molecule has 1 amide bonds. The van der Waals surface area contributed by atoms with E-state index in [-0.39, 0.29) is 24.8 Å². The number of hydrogen-bond donors (Lipinski definition) is 2. The van der Waals surface area contributed by atoms with Gasteiger partial charge in [-0.25, -0.2) is 5.10 Å². The summed E-state index contributed by atoms with van der Waals surface area (Å²) in [5, 5.41) is 15.0. The Hall–Kier alpha value is -2.90. The van der Waals surface area contributed by atoms with Gasteiger partial charge < -0.3 is 9.84 Å². The first-order chi connectivity index (χ1) is 10.1. The number of anilines is 1. The van der Waals surface area contributed by atoms with Crippen molar-refractivity contribution in [3.05, 3.63) is 36.2 Å². The van der Waals surface area contributed by atoms with E-state index in [9.17, 15) is 9.59 Å². The molecule has 0 unspecified atom stereocenters. The fraction of sp³-hybridized carbons (Fsp3) is 0.231. The molecule has 0 aliphatic heterocycles. The predicted molar refractivity (Wildman–Crippen MR) is 73.3 cm³/mol. The third kappa shape index (κ3) is 3.56. The van der Waals surface area contributed by atoms with Gasteiger partial charge in [-0.1, -0.05) is 0 Å². The lowest BCUT2D eigenvalue weighted by Gasteiger charge is -2.18. The van der Waals surface area contributed by atoms with Gasteiger partial charge >= 0.3 is 5.97 Å². The van der Waals surface area contributed by atoms with Crippen molar-refractivity contribution in [1.82, 2.24) is 15.2 Å². The van der Waals surface area contributed by atoms with Gasteiger partial charge in [-0.15, -0.1) is 0 Å². The SMILES string of the molecule is COc1ccc(C(=O)N(CCC(=O)O)c2ncn[nH]2)cc1. The van der Waals surface area contributed by atoms with E-state index < -0.39 is 5.97 Å². The number of aromatic nitrogens is 3. The van der Waals surface area contributed by atoms with Crippen molar-refractivity contribution in [3.8, 4) is 5.75 Å². The molecule has 8 nitrogen and oxygen atoms in total. The van der Waals surface area contributed by atoms with Crippen LogP contribution in [-0.4, -0.2) is 45.8 Å². The molecule has 0 radical (unpaired) electrons. The minimum Gasteiger partial charge on any atom is -0.497 e. The van der Waals surface area contributed by atoms with E-state index in [4.69, 9.17) is 9.84 Å². The Morgan fingerprint density at radius 3 is 2.57 bits per heavy atom. The van der Waals surface area contributed by atoms with Gasteiger partial charge in [0.05, 0.1) is 13.5 Å². The normalized spacial score (nSPS) is 10.1. The Morgan fingerprint density at radius 2 is 2.05 bits per heavy atom. The lowest BCUT2D eigenvalue weighted by atomic mass is 10.2. The highest BCUT2D eigenvalue weighted by molar-refractivity contribution is 6.05. The van der Waals surface area contributed by atoms with E-state index in [1.54, 1.807) is 24.3 Å². The summed E-state index contributed by atoms with van der Waals surface area (Å²) < 4.78 is 5.03. The lowest BCUT2D eigenvalue weighted by molar-refractivity contribution is -0.136. The fourth-order valence-corrected chi connectivity index (χ4v) is 1.73. The fourth-order valence-electron chi connectivity index (χ4n) is 1.73. The molecule has 0 fully saturated rings. The first-order valence-electron chi connectivity index (χ1n) is 6.15. The molecule has 0 aliphatic rings. The van der Waals surface area contributed by atoms with E-state index in [2.05, 4.69) is 15.2 Å². The largest absolute Gasteiger partial charge is 0.497 e. The number of carboxylic acids is 1. The summed E-state index contributed by atoms with van der Waals surface area (Å²) in [7, 11) is 1.53. The van der Waals surface area contributed by atoms with Crippen molar-refractivity contribution < 1.29 is 19.4 Å². The Bertz CT molecular complexity index is 610. The number of hydrogen-bond acceptors (Lipinski definition) is 5. The minimum atomic E-state index is -0.998. The quantitative estimate of drug-likeness (QED) is 0.819. The monoisotopic (exact) mass is 290 g/mol. The standard InChI is InChI=1S/C13H14N4O4/c1-21-10-4-2-9(3-5-10)12(20)17(7-6-11(18)19)13-14-8-15-16-13/h2-5,8H,6-7H2,1H3,(H,18,19)(H,14,15,16). The third-order valence-electron chi connectivity index (χ3n) is 2.79. The summed E-state index contributed by atoms with van der Waals surface area (Å²) >= 11 is 0. The summed E-state index contributed by atoms with van der Waals surface area (Å²) in [5.74, 6) is -0.530. The second-order valence-electron chi connectivity index (χ2n) is 4.14. The van der Waals surface area contributed by atoms with E-state index in [0.717, 1.165) is 0 Å². The van der Waals surface area contributed by atoms with Crippen LogP contribution in [0.3, 0.4) is 0 Å². The van der Waals surface area contributed by atoms with Crippen LogP contribution in [0.4, 0.5) is 5.95 Å². The predicted octanol–water partition coefficient (Wildman–Crippen LogP) is 0.935. The Balaban J connectivity index is 2.22. The summed E-state index contributed by atoms with van der Waals surface area (Å²) in [4.78, 5) is 28.3. The average Bonchev–Trinajstić information content (AvgIpc) is 3.01. The first kappa shape index (κ1) is 14.5. The number of rotatable bonds is 6. The Kier molecular flexibility index (Phi) is 4.50. The number of aromatic amines is 1. The van der Waals surface area contributed by atoms with Crippen LogP contribution in [0.2, 0.25) is 0 Å². The van der Waals surface area contributed by atoms with Gasteiger partial charge in [-0.2, -0.15) is 10.1 Å². The molecule has 0 saturated carbocycles. The zero-order chi connectivity index (χ0) is 15.2. The molecule has 110 valence electrons. The zero-order valence-corrected chi connectivity index (χ0v) is 11.3. The Morgan fingerprint density at radius 1 is 1.33 bits per heavy atom. The number of benzene rings is 1. The van der Waals surface area contributed by atoms with Crippen molar-refractivity contribution in [1.29, 1.82) is 0 Å². The van der Waals surface area contributed by atoms with Crippen LogP contribution < -0.4 is 9.64 Å². The van der Waals surface area contributed by atoms with Gasteiger partial charge in [0.1, 0.15) is 12.1 Å². The number of methoxy groups -OCH3 is 1. The molecule has 8 heteroatoms. The third-order valence-corrected chi connectivity index (χ3v) is 2.79. The van der Waals surface area contributed by atoms with Crippen LogP contribution in [-0.2, 0) is 4.79 Å². The van der Waals surface area contributed by atoms with Crippen molar-refractivity contribution in [2.24, 2.45) is 0 Å². The van der Waals surface area contributed by atoms with Crippen LogP contribution >= 0.6 is 0 Å². The molecule has 1 heterocycles. The van der Waals surface area contributed by atoms with E-state index in [1.165, 1.54) is 18.3 Å². The van der Waals surface area contributed by atoms with Crippen LogP contribution in [0.1, 0.15) is 16.8 Å². The number of amides is 1. The number of H-pyrrole nitrogens is 1. The zero-order valence-electron chi connectivity index (χ0n) is 11.3. The summed E-state index contributed by atoms with van der Waals surface area (Å²) in [6, 6.07) is 6.52. The number of carbonyl (C=O) groups is 2. The summed E-state index contributed by atoms with van der Waals surface area (Å²) in [5.41, 5.74) is 0.401. The van der Waals surface area contributed by atoms with Gasteiger partial charge in [0.25, 0.3) is 5.91 Å². The van der Waals surface area contributed by atoms with Crippen molar-refractivity contribution >= 4 is 17.8 Å². The molecule has 1 aromatic carbocycles.